The molecule has 1 atom stereocenters. The molecular formula is C17H17ClN2O2S. The highest BCUT2D eigenvalue weighted by molar-refractivity contribution is 7.99. The molecule has 0 radical (unpaired) electrons. The van der Waals surface area contributed by atoms with E-state index in [1.807, 2.05) is 53.4 Å². The van der Waals surface area contributed by atoms with E-state index >= 15 is 0 Å². The highest BCUT2D eigenvalue weighted by Gasteiger charge is 2.31. The average molecular weight is 349 g/mol. The Morgan fingerprint density at radius 1 is 1.26 bits per heavy atom. The van der Waals surface area contributed by atoms with Gasteiger partial charge in [0.15, 0.2) is 0 Å². The molecule has 120 valence electrons. The van der Waals surface area contributed by atoms with E-state index < -0.39 is 0 Å². The first-order valence-electron chi connectivity index (χ1n) is 7.27. The third-order valence-electron chi connectivity index (χ3n) is 3.66. The molecule has 1 aliphatic heterocycles. The van der Waals surface area contributed by atoms with Crippen LogP contribution >= 0.6 is 23.4 Å². The van der Waals surface area contributed by atoms with E-state index in [-0.39, 0.29) is 11.4 Å². The number of rotatable bonds is 3. The summed E-state index contributed by atoms with van der Waals surface area (Å²) in [7, 11) is 1.61. The molecule has 1 unspecified atom stereocenters. The van der Waals surface area contributed by atoms with Crippen molar-refractivity contribution in [2.45, 2.75) is 5.37 Å². The summed E-state index contributed by atoms with van der Waals surface area (Å²) < 4.78 is 5.12. The average Bonchev–Trinajstić information content (AvgIpc) is 3.05. The number of hydrogen-bond donors (Lipinski definition) is 1. The quantitative estimate of drug-likeness (QED) is 0.879. The van der Waals surface area contributed by atoms with Gasteiger partial charge in [0.25, 0.3) is 0 Å². The summed E-state index contributed by atoms with van der Waals surface area (Å²) >= 11 is 8.01. The standard InChI is InChI=1S/C17H17ClN2O2S/c1-22-13-8-6-12(7-9-13)19-17(21)20-10-11-23-16(20)14-4-2-3-5-15(14)18/h2-9,16H,10-11H2,1H3,(H,19,21). The Morgan fingerprint density at radius 3 is 2.70 bits per heavy atom. The molecule has 2 aromatic carbocycles. The molecule has 1 heterocycles. The van der Waals surface area contributed by atoms with Gasteiger partial charge < -0.3 is 15.0 Å². The van der Waals surface area contributed by atoms with E-state index in [9.17, 15) is 4.79 Å². The minimum absolute atomic E-state index is 0.0538. The van der Waals surface area contributed by atoms with Gasteiger partial charge in [-0.25, -0.2) is 4.79 Å². The molecule has 6 heteroatoms. The zero-order valence-corrected chi connectivity index (χ0v) is 14.2. The van der Waals surface area contributed by atoms with Crippen molar-refractivity contribution in [1.82, 2.24) is 4.90 Å². The van der Waals surface area contributed by atoms with E-state index in [0.717, 1.165) is 22.8 Å². The van der Waals surface area contributed by atoms with Crippen molar-refractivity contribution < 1.29 is 9.53 Å². The van der Waals surface area contributed by atoms with Gasteiger partial charge in [0.1, 0.15) is 11.1 Å². The maximum absolute atomic E-state index is 12.6. The highest BCUT2D eigenvalue weighted by Crippen LogP contribution is 2.40. The number of amides is 2. The fourth-order valence-electron chi connectivity index (χ4n) is 2.48. The summed E-state index contributed by atoms with van der Waals surface area (Å²) in [4.78, 5) is 14.4. The van der Waals surface area contributed by atoms with Crippen molar-refractivity contribution in [3.63, 3.8) is 0 Å². The first-order valence-corrected chi connectivity index (χ1v) is 8.69. The van der Waals surface area contributed by atoms with Crippen molar-refractivity contribution in [3.05, 3.63) is 59.1 Å². The van der Waals surface area contributed by atoms with Crippen LogP contribution in [0.25, 0.3) is 0 Å². The summed E-state index contributed by atoms with van der Waals surface area (Å²) in [6.07, 6.45) is 0. The van der Waals surface area contributed by atoms with Crippen LogP contribution in [0.2, 0.25) is 5.02 Å². The van der Waals surface area contributed by atoms with E-state index in [2.05, 4.69) is 5.32 Å². The number of hydrogen-bond acceptors (Lipinski definition) is 3. The number of thioether (sulfide) groups is 1. The van der Waals surface area contributed by atoms with Gasteiger partial charge in [-0.2, -0.15) is 0 Å². The van der Waals surface area contributed by atoms with Crippen LogP contribution < -0.4 is 10.1 Å². The predicted molar refractivity (Wildman–Crippen MR) is 95.4 cm³/mol. The lowest BCUT2D eigenvalue weighted by Crippen LogP contribution is -2.34. The number of carbonyl (C=O) groups is 1. The lowest BCUT2D eigenvalue weighted by molar-refractivity contribution is 0.214. The van der Waals surface area contributed by atoms with Crippen LogP contribution in [0.4, 0.5) is 10.5 Å². The Kier molecular flexibility index (Phi) is 4.98. The molecule has 1 fully saturated rings. The molecular weight excluding hydrogens is 332 g/mol. The number of ether oxygens (including phenoxy) is 1. The molecule has 4 nitrogen and oxygen atoms in total. The fourth-order valence-corrected chi connectivity index (χ4v) is 4.08. The minimum atomic E-state index is -0.120. The Bertz CT molecular complexity index is 693. The summed E-state index contributed by atoms with van der Waals surface area (Å²) in [5.74, 6) is 1.65. The first-order chi connectivity index (χ1) is 11.2. The van der Waals surface area contributed by atoms with Gasteiger partial charge in [0, 0.05) is 28.6 Å². The smallest absolute Gasteiger partial charge is 0.323 e. The van der Waals surface area contributed by atoms with Gasteiger partial charge in [-0.15, -0.1) is 11.8 Å². The largest absolute Gasteiger partial charge is 0.497 e. The SMILES string of the molecule is COc1ccc(NC(=O)N2CCSC2c2ccccc2Cl)cc1. The molecule has 1 N–H and O–H groups in total. The van der Waals surface area contributed by atoms with Crippen LogP contribution in [0.5, 0.6) is 5.75 Å². The van der Waals surface area contributed by atoms with E-state index in [4.69, 9.17) is 16.3 Å². The third-order valence-corrected chi connectivity index (χ3v) is 5.25. The molecule has 2 amide bonds. The number of carbonyl (C=O) groups excluding carboxylic acids is 1. The molecule has 0 spiro atoms. The zero-order valence-electron chi connectivity index (χ0n) is 12.7. The number of nitrogens with zero attached hydrogens (tertiary/aromatic N) is 1. The van der Waals surface area contributed by atoms with Crippen molar-refractivity contribution >= 4 is 35.1 Å². The zero-order chi connectivity index (χ0) is 16.2. The van der Waals surface area contributed by atoms with Crippen molar-refractivity contribution in [3.8, 4) is 5.75 Å². The van der Waals surface area contributed by atoms with Crippen LogP contribution in [0.1, 0.15) is 10.9 Å². The second-order valence-electron chi connectivity index (χ2n) is 5.10. The second kappa shape index (κ2) is 7.15. The summed E-state index contributed by atoms with van der Waals surface area (Å²) in [6, 6.07) is 14.8. The maximum atomic E-state index is 12.6. The minimum Gasteiger partial charge on any atom is -0.497 e. The first kappa shape index (κ1) is 16.0. The van der Waals surface area contributed by atoms with Crippen LogP contribution in [-0.2, 0) is 0 Å². The number of halogens is 1. The lowest BCUT2D eigenvalue weighted by Gasteiger charge is -2.25. The topological polar surface area (TPSA) is 41.6 Å². The molecule has 0 aliphatic carbocycles. The number of urea groups is 1. The molecule has 0 bridgehead atoms. The van der Waals surface area contributed by atoms with E-state index in [1.54, 1.807) is 18.9 Å². The van der Waals surface area contributed by atoms with Crippen molar-refractivity contribution in [1.29, 1.82) is 0 Å². The number of nitrogens with one attached hydrogen (secondary N) is 1. The lowest BCUT2D eigenvalue weighted by atomic mass is 10.2. The maximum Gasteiger partial charge on any atom is 0.323 e. The Morgan fingerprint density at radius 2 is 2.00 bits per heavy atom. The summed E-state index contributed by atoms with van der Waals surface area (Å²) in [6.45, 7) is 0.697. The van der Waals surface area contributed by atoms with Gasteiger partial charge in [0.05, 0.1) is 7.11 Å². The van der Waals surface area contributed by atoms with Gasteiger partial charge >= 0.3 is 6.03 Å². The molecule has 3 rings (SSSR count). The Labute approximate surface area is 144 Å². The fraction of sp³-hybridized carbons (Fsp3) is 0.235. The van der Waals surface area contributed by atoms with Crippen molar-refractivity contribution in [2.75, 3.05) is 24.7 Å². The van der Waals surface area contributed by atoms with Crippen LogP contribution in [0.15, 0.2) is 48.5 Å². The molecule has 23 heavy (non-hydrogen) atoms. The molecule has 1 aliphatic rings. The van der Waals surface area contributed by atoms with Gasteiger partial charge in [0.2, 0.25) is 0 Å². The Hall–Kier alpha value is -1.85. The predicted octanol–water partition coefficient (Wildman–Crippen LogP) is 4.63. The van der Waals surface area contributed by atoms with Crippen LogP contribution in [-0.4, -0.2) is 30.3 Å². The number of methoxy groups -OCH3 is 1. The monoisotopic (exact) mass is 348 g/mol. The normalized spacial score (nSPS) is 17.1. The summed E-state index contributed by atoms with van der Waals surface area (Å²) in [5.41, 5.74) is 1.71. The number of benzene rings is 2. The third kappa shape index (κ3) is 3.57. The van der Waals surface area contributed by atoms with Gasteiger partial charge in [-0.1, -0.05) is 29.8 Å². The molecule has 0 saturated carbocycles. The highest BCUT2D eigenvalue weighted by atomic mass is 35.5. The molecule has 2 aromatic rings. The van der Waals surface area contributed by atoms with E-state index in [1.165, 1.54) is 0 Å². The van der Waals surface area contributed by atoms with Gasteiger partial charge in [-0.3, -0.25) is 0 Å². The Balaban J connectivity index is 1.74. The molecule has 0 aromatic heterocycles. The van der Waals surface area contributed by atoms with Crippen LogP contribution in [0.3, 0.4) is 0 Å². The number of anilines is 1. The van der Waals surface area contributed by atoms with Gasteiger partial charge in [-0.05, 0) is 30.3 Å². The van der Waals surface area contributed by atoms with Crippen LogP contribution in [0, 0.1) is 0 Å². The summed E-state index contributed by atoms with van der Waals surface area (Å²) in [5, 5.41) is 3.56. The van der Waals surface area contributed by atoms with Crippen molar-refractivity contribution in [2.24, 2.45) is 0 Å². The molecule has 1 saturated heterocycles. The van der Waals surface area contributed by atoms with E-state index in [0.29, 0.717) is 11.6 Å². The second-order valence-corrected chi connectivity index (χ2v) is 6.69.